The van der Waals surface area contributed by atoms with E-state index in [-0.39, 0.29) is 12.4 Å². The summed E-state index contributed by atoms with van der Waals surface area (Å²) in [6, 6.07) is 8.10. The van der Waals surface area contributed by atoms with Gasteiger partial charge in [-0.15, -0.1) is 12.4 Å². The molecule has 0 aliphatic carbocycles. The minimum absolute atomic E-state index is 0. The Labute approximate surface area is 102 Å². The van der Waals surface area contributed by atoms with Crippen LogP contribution in [0.5, 0.6) is 0 Å². The van der Waals surface area contributed by atoms with Crippen LogP contribution in [0.25, 0.3) is 11.0 Å². The van der Waals surface area contributed by atoms with Gasteiger partial charge in [-0.3, -0.25) is 0 Å². The van der Waals surface area contributed by atoms with Crippen LogP contribution in [0.2, 0.25) is 0 Å². The van der Waals surface area contributed by atoms with Gasteiger partial charge in [0.15, 0.2) is 5.65 Å². The topological polar surface area (TPSA) is 51.8 Å². The molecule has 0 aliphatic rings. The molecule has 2 aromatic rings. The van der Waals surface area contributed by atoms with Crippen molar-refractivity contribution in [1.29, 1.82) is 0 Å². The largest absolute Gasteiger partial charge is 0.330 e. The molecule has 0 atom stereocenters. The highest BCUT2D eigenvalue weighted by atomic mass is 35.5. The van der Waals surface area contributed by atoms with Crippen LogP contribution >= 0.6 is 12.4 Å². The number of aromatic nitrogens is 2. The van der Waals surface area contributed by atoms with Crippen molar-refractivity contribution in [2.45, 2.75) is 19.3 Å². The second-order valence-electron chi connectivity index (χ2n) is 3.60. The molecule has 3 nitrogen and oxygen atoms in total. The van der Waals surface area contributed by atoms with Crippen molar-refractivity contribution in [3.8, 4) is 0 Å². The molecule has 0 radical (unpaired) electrons. The van der Waals surface area contributed by atoms with E-state index in [2.05, 4.69) is 22.1 Å². The fourth-order valence-corrected chi connectivity index (χ4v) is 1.58. The summed E-state index contributed by atoms with van der Waals surface area (Å²) in [5.41, 5.74) is 7.39. The molecule has 2 heterocycles. The maximum atomic E-state index is 5.45. The Balaban J connectivity index is 0.00000128. The van der Waals surface area contributed by atoms with Crippen LogP contribution in [0.1, 0.15) is 18.5 Å². The lowest BCUT2D eigenvalue weighted by Gasteiger charge is -2.01. The first kappa shape index (κ1) is 12.9. The van der Waals surface area contributed by atoms with E-state index in [1.54, 1.807) is 6.20 Å². The van der Waals surface area contributed by atoms with E-state index >= 15 is 0 Å². The van der Waals surface area contributed by atoms with Crippen molar-refractivity contribution >= 4 is 23.4 Å². The monoisotopic (exact) mass is 237 g/mol. The summed E-state index contributed by atoms with van der Waals surface area (Å²) in [7, 11) is 0. The lowest BCUT2D eigenvalue weighted by molar-refractivity contribution is 0.734. The van der Waals surface area contributed by atoms with Gasteiger partial charge in [0.1, 0.15) is 0 Å². The number of nitrogens with zero attached hydrogens (tertiary/aromatic N) is 2. The van der Waals surface area contributed by atoms with E-state index in [0.717, 1.165) is 42.5 Å². The molecule has 0 aliphatic heterocycles. The number of rotatable bonds is 4. The molecule has 2 rings (SSSR count). The average molecular weight is 238 g/mol. The molecule has 2 aromatic heterocycles. The highest BCUT2D eigenvalue weighted by Crippen LogP contribution is 2.10. The predicted octanol–water partition coefficient (Wildman–Crippen LogP) is 2.33. The Hall–Kier alpha value is -1.19. The number of nitrogens with two attached hydrogens (primary N) is 1. The van der Waals surface area contributed by atoms with Crippen molar-refractivity contribution in [3.05, 3.63) is 36.2 Å². The van der Waals surface area contributed by atoms with Gasteiger partial charge in [0.05, 0.1) is 0 Å². The van der Waals surface area contributed by atoms with Gasteiger partial charge in [-0.05, 0) is 50.1 Å². The maximum Gasteiger partial charge on any atom is 0.159 e. The van der Waals surface area contributed by atoms with Gasteiger partial charge >= 0.3 is 0 Å². The van der Waals surface area contributed by atoms with E-state index in [1.807, 2.05) is 12.1 Å². The average Bonchev–Trinajstić information content (AvgIpc) is 2.29. The number of unbranched alkanes of at least 4 members (excludes halogenated alkanes) is 1. The number of fused-ring (bicyclic) bond motifs is 1. The maximum absolute atomic E-state index is 5.45. The smallest absolute Gasteiger partial charge is 0.159 e. The highest BCUT2D eigenvalue weighted by molar-refractivity contribution is 5.85. The van der Waals surface area contributed by atoms with Crippen LogP contribution in [0.4, 0.5) is 0 Å². The van der Waals surface area contributed by atoms with Crippen LogP contribution in [-0.4, -0.2) is 16.5 Å². The Kier molecular flexibility index (Phi) is 5.15. The fourth-order valence-electron chi connectivity index (χ4n) is 1.58. The number of hydrogen-bond acceptors (Lipinski definition) is 3. The molecule has 0 unspecified atom stereocenters. The van der Waals surface area contributed by atoms with Crippen molar-refractivity contribution in [3.63, 3.8) is 0 Å². The Morgan fingerprint density at radius 2 is 2.00 bits per heavy atom. The van der Waals surface area contributed by atoms with Gasteiger partial charge < -0.3 is 5.73 Å². The lowest BCUT2D eigenvalue weighted by Crippen LogP contribution is -2.00. The standard InChI is InChI=1S/C12H15N3.ClH/c13-8-2-1-5-11-7-6-10-4-3-9-14-12(10)15-11;/h3-4,6-7,9H,1-2,5,8,13H2;1H. The summed E-state index contributed by atoms with van der Waals surface area (Å²) in [6.45, 7) is 0.756. The van der Waals surface area contributed by atoms with Crippen LogP contribution in [0.15, 0.2) is 30.5 Å². The first-order chi connectivity index (χ1) is 7.40. The molecule has 0 bridgehead atoms. The molecule has 16 heavy (non-hydrogen) atoms. The number of halogens is 1. The Bertz CT molecular complexity index is 445. The zero-order valence-electron chi connectivity index (χ0n) is 9.10. The van der Waals surface area contributed by atoms with E-state index in [1.165, 1.54) is 0 Å². The molecule has 86 valence electrons. The van der Waals surface area contributed by atoms with Gasteiger partial charge in [0.2, 0.25) is 0 Å². The molecule has 4 heteroatoms. The van der Waals surface area contributed by atoms with Gasteiger partial charge in [0.25, 0.3) is 0 Å². The molecular formula is C12H16ClN3. The van der Waals surface area contributed by atoms with E-state index in [9.17, 15) is 0 Å². The first-order valence-corrected chi connectivity index (χ1v) is 5.31. The minimum Gasteiger partial charge on any atom is -0.330 e. The number of aryl methyl sites for hydroxylation is 1. The summed E-state index contributed by atoms with van der Waals surface area (Å²) in [4.78, 5) is 8.73. The first-order valence-electron chi connectivity index (χ1n) is 5.31. The van der Waals surface area contributed by atoms with Crippen LogP contribution in [0.3, 0.4) is 0 Å². The van der Waals surface area contributed by atoms with Gasteiger partial charge in [-0.2, -0.15) is 0 Å². The Morgan fingerprint density at radius 1 is 1.12 bits per heavy atom. The van der Waals surface area contributed by atoms with E-state index < -0.39 is 0 Å². The van der Waals surface area contributed by atoms with Crippen LogP contribution in [-0.2, 0) is 6.42 Å². The van der Waals surface area contributed by atoms with Crippen molar-refractivity contribution in [2.24, 2.45) is 5.73 Å². The second kappa shape index (κ2) is 6.40. The van der Waals surface area contributed by atoms with Gasteiger partial charge in [-0.25, -0.2) is 9.97 Å². The predicted molar refractivity (Wildman–Crippen MR) is 68.8 cm³/mol. The zero-order valence-corrected chi connectivity index (χ0v) is 9.91. The lowest BCUT2D eigenvalue weighted by atomic mass is 10.1. The third-order valence-electron chi connectivity index (χ3n) is 2.41. The highest BCUT2D eigenvalue weighted by Gasteiger charge is 1.98. The third-order valence-corrected chi connectivity index (χ3v) is 2.41. The summed E-state index contributed by atoms with van der Waals surface area (Å²) >= 11 is 0. The van der Waals surface area contributed by atoms with Gasteiger partial charge in [-0.1, -0.05) is 0 Å². The van der Waals surface area contributed by atoms with E-state index in [4.69, 9.17) is 5.73 Å². The number of hydrogen-bond donors (Lipinski definition) is 1. The van der Waals surface area contributed by atoms with Crippen molar-refractivity contribution < 1.29 is 0 Å². The molecule has 0 amide bonds. The van der Waals surface area contributed by atoms with Crippen LogP contribution < -0.4 is 5.73 Å². The second-order valence-corrected chi connectivity index (χ2v) is 3.60. The normalized spacial score (nSPS) is 10.1. The minimum atomic E-state index is 0. The van der Waals surface area contributed by atoms with E-state index in [0.29, 0.717) is 0 Å². The fraction of sp³-hybridized carbons (Fsp3) is 0.333. The molecule has 0 saturated heterocycles. The SMILES string of the molecule is Cl.NCCCCc1ccc2cccnc2n1. The van der Waals surface area contributed by atoms with Crippen LogP contribution in [0, 0.1) is 0 Å². The molecule has 0 aromatic carbocycles. The quantitative estimate of drug-likeness (QED) is 0.831. The Morgan fingerprint density at radius 3 is 2.81 bits per heavy atom. The number of pyridine rings is 2. The molecule has 0 fully saturated rings. The van der Waals surface area contributed by atoms with Gasteiger partial charge in [0, 0.05) is 17.3 Å². The molecule has 0 saturated carbocycles. The summed E-state index contributed by atoms with van der Waals surface area (Å²) < 4.78 is 0. The molecule has 0 spiro atoms. The summed E-state index contributed by atoms with van der Waals surface area (Å²) in [5.74, 6) is 0. The van der Waals surface area contributed by atoms with Crippen molar-refractivity contribution in [2.75, 3.05) is 6.54 Å². The zero-order chi connectivity index (χ0) is 10.5. The summed E-state index contributed by atoms with van der Waals surface area (Å²) in [6.07, 6.45) is 4.92. The molecular weight excluding hydrogens is 222 g/mol. The summed E-state index contributed by atoms with van der Waals surface area (Å²) in [5, 5.41) is 1.10. The van der Waals surface area contributed by atoms with Crippen molar-refractivity contribution in [1.82, 2.24) is 9.97 Å². The third kappa shape index (κ3) is 3.15. The molecule has 2 N–H and O–H groups in total.